The number of benzene rings is 1. The monoisotopic (exact) mass is 389 g/mol. The van der Waals surface area contributed by atoms with Gasteiger partial charge in [0, 0.05) is 37.8 Å². The van der Waals surface area contributed by atoms with Crippen LogP contribution < -0.4 is 0 Å². The minimum Gasteiger partial charge on any atom is -0.388 e. The topological polar surface area (TPSA) is 33.1 Å². The Morgan fingerprint density at radius 3 is 2.56 bits per heavy atom. The number of nitrogens with zero attached hydrogens (tertiary/aromatic N) is 1. The van der Waals surface area contributed by atoms with Crippen LogP contribution in [0.4, 0.5) is 0 Å². The van der Waals surface area contributed by atoms with E-state index < -0.39 is 6.10 Å². The quantitative estimate of drug-likeness (QED) is 0.834. The Morgan fingerprint density at radius 2 is 1.89 bits per heavy atom. The number of pyridine rings is 1. The summed E-state index contributed by atoms with van der Waals surface area (Å²) in [6, 6.07) is 9.21. The van der Waals surface area contributed by atoms with Crippen molar-refractivity contribution in [3.8, 4) is 0 Å². The molecule has 0 aliphatic heterocycles. The molecule has 94 valence electrons. The number of aliphatic hydroxyl groups is 1. The molecule has 0 spiro atoms. The summed E-state index contributed by atoms with van der Waals surface area (Å²) in [5.74, 6) is 0. The van der Waals surface area contributed by atoms with Gasteiger partial charge in [-0.25, -0.2) is 0 Å². The predicted octanol–water partition coefficient (Wildman–Crippen LogP) is 4.54. The lowest BCUT2D eigenvalue weighted by Crippen LogP contribution is -2.04. The van der Waals surface area contributed by atoms with Crippen molar-refractivity contribution in [2.75, 3.05) is 0 Å². The van der Waals surface area contributed by atoms with E-state index in [0.29, 0.717) is 17.0 Å². The van der Waals surface area contributed by atoms with Gasteiger partial charge in [-0.2, -0.15) is 0 Å². The number of aromatic nitrogens is 1. The standard InChI is InChI=1S/C13H10Br2ClNO/c14-8-2-4-12(16)11(5-8)13(18)6-10-3-1-9(15)7-17-10/h1-5,7,13,18H,6H2. The maximum absolute atomic E-state index is 10.2. The van der Waals surface area contributed by atoms with Gasteiger partial charge in [-0.1, -0.05) is 27.5 Å². The van der Waals surface area contributed by atoms with Crippen molar-refractivity contribution < 1.29 is 5.11 Å². The first-order chi connectivity index (χ1) is 8.56. The third kappa shape index (κ3) is 3.54. The summed E-state index contributed by atoms with van der Waals surface area (Å²) in [7, 11) is 0. The second-order valence-electron chi connectivity index (χ2n) is 3.85. The van der Waals surface area contributed by atoms with E-state index in [-0.39, 0.29) is 0 Å². The molecule has 1 atom stereocenters. The van der Waals surface area contributed by atoms with Crippen LogP contribution >= 0.6 is 43.5 Å². The van der Waals surface area contributed by atoms with E-state index in [1.54, 1.807) is 12.3 Å². The second-order valence-corrected chi connectivity index (χ2v) is 6.09. The molecule has 0 saturated carbocycles. The summed E-state index contributed by atoms with van der Waals surface area (Å²) >= 11 is 12.8. The summed E-state index contributed by atoms with van der Waals surface area (Å²) in [6.07, 6.45) is 1.48. The van der Waals surface area contributed by atoms with E-state index in [1.807, 2.05) is 24.3 Å². The number of aliphatic hydroxyl groups excluding tert-OH is 1. The van der Waals surface area contributed by atoms with Gasteiger partial charge in [0.1, 0.15) is 0 Å². The molecular weight excluding hydrogens is 381 g/mol. The van der Waals surface area contributed by atoms with Crippen LogP contribution in [-0.2, 0) is 6.42 Å². The minimum absolute atomic E-state index is 0.434. The van der Waals surface area contributed by atoms with E-state index in [4.69, 9.17) is 11.6 Å². The van der Waals surface area contributed by atoms with Crippen molar-refractivity contribution in [1.29, 1.82) is 0 Å². The highest BCUT2D eigenvalue weighted by atomic mass is 79.9. The van der Waals surface area contributed by atoms with Crippen LogP contribution in [-0.4, -0.2) is 10.1 Å². The van der Waals surface area contributed by atoms with Crippen molar-refractivity contribution in [3.63, 3.8) is 0 Å². The lowest BCUT2D eigenvalue weighted by atomic mass is 10.0. The van der Waals surface area contributed by atoms with E-state index in [1.165, 1.54) is 0 Å². The Labute approximate surface area is 127 Å². The van der Waals surface area contributed by atoms with Crippen LogP contribution in [0, 0.1) is 0 Å². The Kier molecular flexibility index (Phi) is 4.78. The Bertz CT molecular complexity index is 545. The van der Waals surface area contributed by atoms with Crippen molar-refractivity contribution >= 4 is 43.5 Å². The number of hydrogen-bond acceptors (Lipinski definition) is 2. The molecule has 1 aromatic carbocycles. The van der Waals surface area contributed by atoms with Crippen LogP contribution in [0.25, 0.3) is 0 Å². The Morgan fingerprint density at radius 1 is 1.17 bits per heavy atom. The van der Waals surface area contributed by atoms with Crippen molar-refractivity contribution in [3.05, 3.63) is 61.8 Å². The molecule has 0 amide bonds. The smallest absolute Gasteiger partial charge is 0.0860 e. The molecule has 1 heterocycles. The average Bonchev–Trinajstić information content (AvgIpc) is 2.35. The molecule has 0 aliphatic carbocycles. The van der Waals surface area contributed by atoms with Gasteiger partial charge < -0.3 is 5.11 Å². The highest BCUT2D eigenvalue weighted by Gasteiger charge is 2.13. The van der Waals surface area contributed by atoms with Gasteiger partial charge in [0.15, 0.2) is 0 Å². The normalized spacial score (nSPS) is 12.4. The van der Waals surface area contributed by atoms with Crippen LogP contribution in [0.2, 0.25) is 5.02 Å². The van der Waals surface area contributed by atoms with Crippen molar-refractivity contribution in [1.82, 2.24) is 4.98 Å². The maximum atomic E-state index is 10.2. The predicted molar refractivity (Wildman–Crippen MR) is 79.8 cm³/mol. The molecule has 0 saturated heterocycles. The molecule has 0 aliphatic rings. The highest BCUT2D eigenvalue weighted by molar-refractivity contribution is 9.10. The lowest BCUT2D eigenvalue weighted by molar-refractivity contribution is 0.177. The molecule has 2 aromatic rings. The largest absolute Gasteiger partial charge is 0.388 e. The lowest BCUT2D eigenvalue weighted by Gasteiger charge is -2.12. The Hall–Kier alpha value is -0.420. The van der Waals surface area contributed by atoms with Crippen LogP contribution in [0.15, 0.2) is 45.5 Å². The zero-order chi connectivity index (χ0) is 13.1. The molecular formula is C13H10Br2ClNO. The number of hydrogen-bond donors (Lipinski definition) is 1. The van der Waals surface area contributed by atoms with E-state index in [2.05, 4.69) is 36.8 Å². The fourth-order valence-electron chi connectivity index (χ4n) is 1.61. The van der Waals surface area contributed by atoms with Gasteiger partial charge >= 0.3 is 0 Å². The molecule has 1 unspecified atom stereocenters. The fraction of sp³-hybridized carbons (Fsp3) is 0.154. The third-order valence-electron chi connectivity index (χ3n) is 2.51. The molecule has 0 radical (unpaired) electrons. The van der Waals surface area contributed by atoms with E-state index >= 15 is 0 Å². The second kappa shape index (κ2) is 6.15. The minimum atomic E-state index is -0.663. The van der Waals surface area contributed by atoms with Crippen molar-refractivity contribution in [2.45, 2.75) is 12.5 Å². The third-order valence-corrected chi connectivity index (χ3v) is 3.81. The molecule has 18 heavy (non-hydrogen) atoms. The summed E-state index contributed by atoms with van der Waals surface area (Å²) in [5, 5.41) is 10.7. The zero-order valence-electron chi connectivity index (χ0n) is 9.28. The zero-order valence-corrected chi connectivity index (χ0v) is 13.2. The molecule has 5 heteroatoms. The SMILES string of the molecule is OC(Cc1ccc(Br)cn1)c1cc(Br)ccc1Cl. The fourth-order valence-corrected chi connectivity index (χ4v) is 2.46. The van der Waals surface area contributed by atoms with E-state index in [9.17, 15) is 5.11 Å². The van der Waals surface area contributed by atoms with Gasteiger partial charge in [0.2, 0.25) is 0 Å². The van der Waals surface area contributed by atoms with Crippen LogP contribution in [0.1, 0.15) is 17.4 Å². The highest BCUT2D eigenvalue weighted by Crippen LogP contribution is 2.28. The van der Waals surface area contributed by atoms with Gasteiger partial charge in [-0.15, -0.1) is 0 Å². The van der Waals surface area contributed by atoms with Gasteiger partial charge in [0.05, 0.1) is 6.10 Å². The first-order valence-electron chi connectivity index (χ1n) is 5.29. The van der Waals surface area contributed by atoms with Crippen molar-refractivity contribution in [2.24, 2.45) is 0 Å². The maximum Gasteiger partial charge on any atom is 0.0860 e. The molecule has 2 rings (SSSR count). The molecule has 0 bridgehead atoms. The summed E-state index contributed by atoms with van der Waals surface area (Å²) in [6.45, 7) is 0. The number of rotatable bonds is 3. The summed E-state index contributed by atoms with van der Waals surface area (Å²) < 4.78 is 1.81. The molecule has 1 aromatic heterocycles. The molecule has 2 nitrogen and oxygen atoms in total. The molecule has 0 fully saturated rings. The average molecular weight is 391 g/mol. The number of halogens is 3. The Balaban J connectivity index is 2.18. The van der Waals surface area contributed by atoms with Gasteiger partial charge in [-0.3, -0.25) is 4.98 Å². The summed E-state index contributed by atoms with van der Waals surface area (Å²) in [5.41, 5.74) is 1.53. The first kappa shape index (κ1) is 14.0. The van der Waals surface area contributed by atoms with Crippen LogP contribution in [0.5, 0.6) is 0 Å². The van der Waals surface area contributed by atoms with Crippen LogP contribution in [0.3, 0.4) is 0 Å². The van der Waals surface area contributed by atoms with E-state index in [0.717, 1.165) is 14.6 Å². The summed E-state index contributed by atoms with van der Waals surface area (Å²) in [4.78, 5) is 4.23. The first-order valence-corrected chi connectivity index (χ1v) is 7.26. The van der Waals surface area contributed by atoms with Gasteiger partial charge in [-0.05, 0) is 46.3 Å². The molecule has 1 N–H and O–H groups in total. The van der Waals surface area contributed by atoms with Gasteiger partial charge in [0.25, 0.3) is 0 Å².